The molecule has 1 fully saturated rings. The number of hydrogen-bond acceptors (Lipinski definition) is 6. The Morgan fingerprint density at radius 1 is 1.14 bits per heavy atom. The van der Waals surface area contributed by atoms with Gasteiger partial charge >= 0.3 is 0 Å². The van der Waals surface area contributed by atoms with Crippen LogP contribution in [0.15, 0.2) is 42.6 Å². The summed E-state index contributed by atoms with van der Waals surface area (Å²) >= 11 is 0. The molecule has 0 spiro atoms. The minimum absolute atomic E-state index is 0.0660. The fourth-order valence-electron chi connectivity index (χ4n) is 3.08. The van der Waals surface area contributed by atoms with Crippen molar-refractivity contribution in [3.05, 3.63) is 48.2 Å². The second kappa shape index (κ2) is 8.57. The molecule has 0 bridgehead atoms. The van der Waals surface area contributed by atoms with Crippen LogP contribution in [0.3, 0.4) is 0 Å². The molecule has 150 valence electrons. The van der Waals surface area contributed by atoms with Gasteiger partial charge in [0.05, 0.1) is 24.1 Å². The van der Waals surface area contributed by atoms with Crippen LogP contribution in [0.1, 0.15) is 17.3 Å². The molecule has 2 heterocycles. The monoisotopic (exact) mass is 404 g/mol. The van der Waals surface area contributed by atoms with E-state index >= 15 is 0 Å². The van der Waals surface area contributed by atoms with E-state index in [2.05, 4.69) is 10.3 Å². The Bertz CT molecular complexity index is 940. The van der Waals surface area contributed by atoms with Crippen LogP contribution in [0, 0.1) is 0 Å². The van der Waals surface area contributed by atoms with Crippen molar-refractivity contribution < 1.29 is 17.9 Å². The molecule has 1 aromatic carbocycles. The summed E-state index contributed by atoms with van der Waals surface area (Å²) in [6.45, 7) is 2.93. The lowest BCUT2D eigenvalue weighted by molar-refractivity contribution is 0.0698. The minimum atomic E-state index is -3.23. The topological polar surface area (TPSA) is 91.8 Å². The van der Waals surface area contributed by atoms with E-state index in [9.17, 15) is 13.2 Å². The normalized spacial score (nSPS) is 15.3. The lowest BCUT2D eigenvalue weighted by atomic mass is 10.2. The van der Waals surface area contributed by atoms with Gasteiger partial charge in [0.1, 0.15) is 11.6 Å². The Morgan fingerprint density at radius 3 is 2.54 bits per heavy atom. The van der Waals surface area contributed by atoms with Crippen LogP contribution in [-0.4, -0.2) is 67.6 Å². The van der Waals surface area contributed by atoms with Crippen LogP contribution in [0.4, 0.5) is 11.5 Å². The maximum atomic E-state index is 13.0. The molecule has 28 heavy (non-hydrogen) atoms. The molecule has 1 N–H and O–H groups in total. The molecular weight excluding hydrogens is 380 g/mol. The van der Waals surface area contributed by atoms with E-state index in [1.807, 2.05) is 24.3 Å². The van der Waals surface area contributed by atoms with Crippen molar-refractivity contribution in [2.75, 3.05) is 44.4 Å². The predicted molar refractivity (Wildman–Crippen MR) is 107 cm³/mol. The van der Waals surface area contributed by atoms with Gasteiger partial charge in [0, 0.05) is 32.4 Å². The standard InChI is InChI=1S/C19H24N4O4S/c1-3-28(25,26)23-13-11-22(12-14-23)19(24)15-7-6-10-20-18(15)21-16-8-4-5-9-17(16)27-2/h4-10H,3,11-14H2,1-2H3,(H,20,21). The summed E-state index contributed by atoms with van der Waals surface area (Å²) < 4.78 is 30.8. The van der Waals surface area contributed by atoms with E-state index in [1.54, 1.807) is 37.3 Å². The van der Waals surface area contributed by atoms with Gasteiger partial charge < -0.3 is 15.0 Å². The van der Waals surface area contributed by atoms with Crippen molar-refractivity contribution in [1.82, 2.24) is 14.2 Å². The van der Waals surface area contributed by atoms with E-state index < -0.39 is 10.0 Å². The van der Waals surface area contributed by atoms with Crippen LogP contribution in [0.2, 0.25) is 0 Å². The summed E-state index contributed by atoms with van der Waals surface area (Å²) in [5, 5.41) is 3.16. The summed E-state index contributed by atoms with van der Waals surface area (Å²) in [5.74, 6) is 0.959. The first-order chi connectivity index (χ1) is 13.5. The lowest BCUT2D eigenvalue weighted by Crippen LogP contribution is -2.50. The number of nitrogens with one attached hydrogen (secondary N) is 1. The number of hydrogen-bond donors (Lipinski definition) is 1. The van der Waals surface area contributed by atoms with Gasteiger partial charge in [-0.15, -0.1) is 0 Å². The zero-order chi connectivity index (χ0) is 20.1. The van der Waals surface area contributed by atoms with Gasteiger partial charge in [-0.05, 0) is 31.2 Å². The highest BCUT2D eigenvalue weighted by molar-refractivity contribution is 7.89. The molecule has 1 amide bonds. The fraction of sp³-hybridized carbons (Fsp3) is 0.368. The van der Waals surface area contributed by atoms with Crippen molar-refractivity contribution in [2.24, 2.45) is 0 Å². The quantitative estimate of drug-likeness (QED) is 0.791. The van der Waals surface area contributed by atoms with Crippen molar-refractivity contribution in [3.8, 4) is 5.75 Å². The molecule has 9 heteroatoms. The molecule has 0 unspecified atom stereocenters. The molecule has 0 saturated carbocycles. The highest BCUT2D eigenvalue weighted by atomic mass is 32.2. The molecule has 1 aromatic heterocycles. The summed E-state index contributed by atoms with van der Waals surface area (Å²) in [6.07, 6.45) is 1.61. The number of sulfonamides is 1. The van der Waals surface area contributed by atoms with Crippen LogP contribution < -0.4 is 10.1 Å². The van der Waals surface area contributed by atoms with Crippen LogP contribution in [0.25, 0.3) is 0 Å². The number of carbonyl (C=O) groups is 1. The van der Waals surface area contributed by atoms with E-state index in [-0.39, 0.29) is 11.7 Å². The zero-order valence-electron chi connectivity index (χ0n) is 16.0. The van der Waals surface area contributed by atoms with E-state index in [0.29, 0.717) is 49.0 Å². The molecule has 8 nitrogen and oxygen atoms in total. The second-order valence-electron chi connectivity index (χ2n) is 6.32. The van der Waals surface area contributed by atoms with Gasteiger partial charge in [0.15, 0.2) is 0 Å². The lowest BCUT2D eigenvalue weighted by Gasteiger charge is -2.34. The van der Waals surface area contributed by atoms with Gasteiger partial charge in [0.25, 0.3) is 5.91 Å². The largest absolute Gasteiger partial charge is 0.495 e. The minimum Gasteiger partial charge on any atom is -0.495 e. The highest BCUT2D eigenvalue weighted by Crippen LogP contribution is 2.28. The van der Waals surface area contributed by atoms with Gasteiger partial charge in [-0.1, -0.05) is 12.1 Å². The third kappa shape index (κ3) is 4.26. The maximum absolute atomic E-state index is 13.0. The van der Waals surface area contributed by atoms with Gasteiger partial charge in [-0.2, -0.15) is 4.31 Å². The number of para-hydroxylation sites is 2. The molecule has 1 aliphatic heterocycles. The van der Waals surface area contributed by atoms with E-state index in [4.69, 9.17) is 4.74 Å². The Balaban J connectivity index is 1.77. The zero-order valence-corrected chi connectivity index (χ0v) is 16.8. The SMILES string of the molecule is CCS(=O)(=O)N1CCN(C(=O)c2cccnc2Nc2ccccc2OC)CC1. The Kier molecular flexibility index (Phi) is 6.15. The van der Waals surface area contributed by atoms with Gasteiger partial charge in [0.2, 0.25) is 10.0 Å². The number of nitrogens with zero attached hydrogens (tertiary/aromatic N) is 3. The average Bonchev–Trinajstić information content (AvgIpc) is 2.74. The number of rotatable bonds is 6. The number of anilines is 2. The third-order valence-electron chi connectivity index (χ3n) is 4.68. The first-order valence-electron chi connectivity index (χ1n) is 9.08. The van der Waals surface area contributed by atoms with Crippen molar-refractivity contribution in [1.29, 1.82) is 0 Å². The van der Waals surface area contributed by atoms with Gasteiger partial charge in [-0.25, -0.2) is 13.4 Å². The molecular formula is C19H24N4O4S. The number of amides is 1. The second-order valence-corrected chi connectivity index (χ2v) is 8.57. The molecule has 0 atom stereocenters. The van der Waals surface area contributed by atoms with Crippen molar-refractivity contribution in [2.45, 2.75) is 6.92 Å². The number of piperazine rings is 1. The Morgan fingerprint density at radius 2 is 1.86 bits per heavy atom. The number of methoxy groups -OCH3 is 1. The smallest absolute Gasteiger partial charge is 0.257 e. The first-order valence-corrected chi connectivity index (χ1v) is 10.7. The van der Waals surface area contributed by atoms with Crippen molar-refractivity contribution in [3.63, 3.8) is 0 Å². The molecule has 0 aliphatic carbocycles. The Labute approximate surface area is 165 Å². The van der Waals surface area contributed by atoms with Crippen LogP contribution >= 0.6 is 0 Å². The number of ether oxygens (including phenoxy) is 1. The Hall–Kier alpha value is -2.65. The van der Waals surface area contributed by atoms with Crippen LogP contribution in [-0.2, 0) is 10.0 Å². The number of carbonyl (C=O) groups excluding carboxylic acids is 1. The summed E-state index contributed by atoms with van der Waals surface area (Å²) in [4.78, 5) is 19.0. The molecule has 0 radical (unpaired) electrons. The highest BCUT2D eigenvalue weighted by Gasteiger charge is 2.29. The van der Waals surface area contributed by atoms with Crippen LogP contribution in [0.5, 0.6) is 5.75 Å². The third-order valence-corrected chi connectivity index (χ3v) is 6.56. The predicted octanol–water partition coefficient (Wildman–Crippen LogP) is 1.94. The maximum Gasteiger partial charge on any atom is 0.257 e. The summed E-state index contributed by atoms with van der Waals surface area (Å²) in [7, 11) is -1.66. The van der Waals surface area contributed by atoms with Gasteiger partial charge in [-0.3, -0.25) is 4.79 Å². The van der Waals surface area contributed by atoms with E-state index in [1.165, 1.54) is 4.31 Å². The molecule has 1 aliphatic rings. The first kappa shape index (κ1) is 20.1. The fourth-order valence-corrected chi connectivity index (χ4v) is 4.16. The number of aromatic nitrogens is 1. The van der Waals surface area contributed by atoms with E-state index in [0.717, 1.165) is 0 Å². The molecule has 2 aromatic rings. The molecule has 3 rings (SSSR count). The summed E-state index contributed by atoms with van der Waals surface area (Å²) in [6, 6.07) is 10.8. The molecule has 1 saturated heterocycles. The average molecular weight is 404 g/mol. The number of pyridine rings is 1. The summed E-state index contributed by atoms with van der Waals surface area (Å²) in [5.41, 5.74) is 1.14. The number of benzene rings is 1. The van der Waals surface area contributed by atoms with Crippen molar-refractivity contribution >= 4 is 27.4 Å².